The molecule has 3 rings (SSSR count). The van der Waals surface area contributed by atoms with Gasteiger partial charge in [0.25, 0.3) is 11.7 Å². The van der Waals surface area contributed by atoms with Crippen LogP contribution in [0, 0.1) is 29.1 Å². The van der Waals surface area contributed by atoms with Crippen molar-refractivity contribution < 1.29 is 36.6 Å². The number of benzene rings is 1. The van der Waals surface area contributed by atoms with E-state index < -0.39 is 40.7 Å². The molecule has 5 nitrogen and oxygen atoms in total. The average molecular weight is 388 g/mol. The van der Waals surface area contributed by atoms with E-state index in [1.165, 1.54) is 0 Å². The summed E-state index contributed by atoms with van der Waals surface area (Å²) >= 11 is 0. The van der Waals surface area contributed by atoms with Gasteiger partial charge in [0.1, 0.15) is 31.9 Å². The minimum absolute atomic E-state index is 0.147. The number of anilines is 2. The van der Waals surface area contributed by atoms with Crippen molar-refractivity contribution in [2.24, 2.45) is 0 Å². The van der Waals surface area contributed by atoms with Crippen molar-refractivity contribution in [2.75, 3.05) is 42.9 Å². The van der Waals surface area contributed by atoms with E-state index in [4.69, 9.17) is 0 Å². The van der Waals surface area contributed by atoms with Crippen LogP contribution in [0.25, 0.3) is 0 Å². The van der Waals surface area contributed by atoms with E-state index in [-0.39, 0.29) is 6.54 Å². The van der Waals surface area contributed by atoms with Gasteiger partial charge in [-0.3, -0.25) is 9.69 Å². The normalized spacial score (nSPS) is 15.1. The molecule has 1 amide bonds. The number of nitrogens with one attached hydrogen (secondary N) is 3. The molecule has 1 saturated heterocycles. The first-order chi connectivity index (χ1) is 12.9. The Balaban J connectivity index is 1.60. The van der Waals surface area contributed by atoms with Crippen molar-refractivity contribution >= 4 is 17.4 Å². The number of hydrogen-bond donors (Lipinski definition) is 2. The Hall–Kier alpha value is -2.75. The van der Waals surface area contributed by atoms with Gasteiger partial charge in [0, 0.05) is 6.07 Å². The Kier molecular flexibility index (Phi) is 5.54. The van der Waals surface area contributed by atoms with Crippen LogP contribution in [-0.4, -0.2) is 38.6 Å². The third kappa shape index (κ3) is 4.00. The molecule has 0 radical (unpaired) electrons. The van der Waals surface area contributed by atoms with Crippen molar-refractivity contribution in [2.45, 2.75) is 0 Å². The number of carbonyl (C=O) groups excluding carboxylic acids is 1. The van der Waals surface area contributed by atoms with Crippen LogP contribution < -0.4 is 20.1 Å². The summed E-state index contributed by atoms with van der Waals surface area (Å²) in [4.78, 5) is 18.1. The largest absolute Gasteiger partial charge is 0.321 e. The third-order valence-electron chi connectivity index (χ3n) is 4.39. The van der Waals surface area contributed by atoms with Gasteiger partial charge in [-0.2, -0.15) is 0 Å². The first kappa shape index (κ1) is 19.0. The Morgan fingerprint density at radius 2 is 1.59 bits per heavy atom. The molecule has 1 fully saturated rings. The predicted octanol–water partition coefficient (Wildman–Crippen LogP) is 0.540. The second-order valence-electron chi connectivity index (χ2n) is 6.15. The van der Waals surface area contributed by atoms with Gasteiger partial charge in [-0.05, 0) is 6.07 Å². The van der Waals surface area contributed by atoms with Gasteiger partial charge >= 0.3 is 0 Å². The van der Waals surface area contributed by atoms with Gasteiger partial charge in [-0.25, -0.2) is 26.9 Å². The number of pyridine rings is 1. The summed E-state index contributed by atoms with van der Waals surface area (Å²) < 4.78 is 66.7. The van der Waals surface area contributed by atoms with Crippen LogP contribution >= 0.6 is 0 Å². The number of halogens is 5. The smallest absolute Gasteiger partial charge is 0.279 e. The van der Waals surface area contributed by atoms with Gasteiger partial charge in [0.2, 0.25) is 5.82 Å². The molecule has 0 spiro atoms. The Labute approximate surface area is 151 Å². The lowest BCUT2D eigenvalue weighted by molar-refractivity contribution is -0.892. The van der Waals surface area contributed by atoms with Crippen LogP contribution in [0.3, 0.4) is 0 Å². The predicted molar refractivity (Wildman–Crippen MR) is 85.6 cm³/mol. The number of aromatic nitrogens is 1. The fourth-order valence-corrected chi connectivity index (χ4v) is 2.95. The van der Waals surface area contributed by atoms with Gasteiger partial charge in [-0.1, -0.05) is 6.07 Å². The van der Waals surface area contributed by atoms with Crippen molar-refractivity contribution in [1.82, 2.24) is 0 Å². The first-order valence-corrected chi connectivity index (χ1v) is 8.25. The minimum Gasteiger partial charge on any atom is -0.321 e. The highest BCUT2D eigenvalue weighted by molar-refractivity contribution is 5.91. The van der Waals surface area contributed by atoms with E-state index in [0.29, 0.717) is 26.2 Å². The number of amides is 1. The van der Waals surface area contributed by atoms with Crippen molar-refractivity contribution in [3.63, 3.8) is 0 Å². The molecule has 27 heavy (non-hydrogen) atoms. The van der Waals surface area contributed by atoms with Gasteiger partial charge < -0.3 is 10.2 Å². The zero-order chi connectivity index (χ0) is 19.6. The number of carbonyl (C=O) groups is 1. The third-order valence-corrected chi connectivity index (χ3v) is 4.39. The summed E-state index contributed by atoms with van der Waals surface area (Å²) in [7, 11) is 0. The molecule has 1 aromatic carbocycles. The Morgan fingerprint density at radius 1 is 1.00 bits per heavy atom. The Bertz CT molecular complexity index is 812. The molecule has 144 valence electrons. The second kappa shape index (κ2) is 7.87. The summed E-state index contributed by atoms with van der Waals surface area (Å²) in [6.45, 7) is 2.30. The van der Waals surface area contributed by atoms with E-state index in [1.807, 2.05) is 18.2 Å². The highest BCUT2D eigenvalue weighted by atomic mass is 19.2. The standard InChI is InChI=1S/C17H15F5N4O/c18-12-13(19)15(21)17(16(22)14(12)20)24-11(27)9-25-5-7-26(8-6-25)10-3-1-2-4-23-10/h1-4H,5-9H2,(H,24,27)/p+2. The van der Waals surface area contributed by atoms with Crippen molar-refractivity contribution in [3.8, 4) is 0 Å². The molecule has 0 saturated carbocycles. The maximum atomic E-state index is 13.6. The summed E-state index contributed by atoms with van der Waals surface area (Å²) in [5.74, 6) is -10.5. The molecule has 1 aliphatic rings. The van der Waals surface area contributed by atoms with Gasteiger partial charge in [0.15, 0.2) is 29.8 Å². The molecule has 0 unspecified atom stereocenters. The van der Waals surface area contributed by atoms with Gasteiger partial charge in [0.05, 0.1) is 6.20 Å². The maximum Gasteiger partial charge on any atom is 0.279 e. The van der Waals surface area contributed by atoms with Crippen LogP contribution in [-0.2, 0) is 4.79 Å². The topological polar surface area (TPSA) is 50.9 Å². The lowest BCUT2D eigenvalue weighted by Gasteiger charge is -2.27. The number of piperazine rings is 1. The number of aromatic amines is 1. The van der Waals surface area contributed by atoms with E-state index in [9.17, 15) is 26.7 Å². The molecule has 0 atom stereocenters. The molecule has 0 aliphatic carbocycles. The van der Waals surface area contributed by atoms with E-state index in [0.717, 1.165) is 10.7 Å². The van der Waals surface area contributed by atoms with E-state index in [1.54, 1.807) is 11.5 Å². The first-order valence-electron chi connectivity index (χ1n) is 8.25. The van der Waals surface area contributed by atoms with E-state index >= 15 is 0 Å². The van der Waals surface area contributed by atoms with Crippen LogP contribution in [0.5, 0.6) is 0 Å². The Morgan fingerprint density at radius 3 is 2.15 bits per heavy atom. The number of hydrogen-bond acceptors (Lipinski definition) is 2. The maximum absolute atomic E-state index is 13.6. The average Bonchev–Trinajstić information content (AvgIpc) is 2.69. The zero-order valence-electron chi connectivity index (χ0n) is 14.1. The molecular formula is C17H17F5N4O+2. The highest BCUT2D eigenvalue weighted by Gasteiger charge is 2.30. The number of nitrogens with zero attached hydrogens (tertiary/aromatic N) is 1. The molecule has 2 aromatic rings. The molecule has 0 bridgehead atoms. The summed E-state index contributed by atoms with van der Waals surface area (Å²) in [6, 6.07) is 5.66. The highest BCUT2D eigenvalue weighted by Crippen LogP contribution is 2.26. The monoisotopic (exact) mass is 388 g/mol. The fraction of sp³-hybridized carbons (Fsp3) is 0.294. The number of quaternary nitrogens is 1. The van der Waals surface area contributed by atoms with Crippen LogP contribution in [0.1, 0.15) is 0 Å². The van der Waals surface area contributed by atoms with Crippen LogP contribution in [0.2, 0.25) is 0 Å². The zero-order valence-corrected chi connectivity index (χ0v) is 14.1. The fourth-order valence-electron chi connectivity index (χ4n) is 2.95. The van der Waals surface area contributed by atoms with Crippen LogP contribution in [0.4, 0.5) is 33.5 Å². The molecule has 1 aliphatic heterocycles. The molecular weight excluding hydrogens is 371 g/mol. The van der Waals surface area contributed by atoms with Crippen LogP contribution in [0.15, 0.2) is 24.4 Å². The molecule has 1 aromatic heterocycles. The van der Waals surface area contributed by atoms with Crippen molar-refractivity contribution in [1.29, 1.82) is 0 Å². The number of rotatable bonds is 4. The number of H-pyrrole nitrogens is 1. The summed E-state index contributed by atoms with van der Waals surface area (Å²) in [5, 5.41) is 1.80. The molecule has 2 heterocycles. The lowest BCUT2D eigenvalue weighted by Crippen LogP contribution is -3.15. The lowest BCUT2D eigenvalue weighted by atomic mass is 10.2. The summed E-state index contributed by atoms with van der Waals surface area (Å²) in [6.07, 6.45) is 1.80. The minimum atomic E-state index is -2.26. The SMILES string of the molecule is O=C(C[NH+]1CCN(c2cccc[nH+]2)CC1)Nc1c(F)c(F)c(F)c(F)c1F. The van der Waals surface area contributed by atoms with Gasteiger partial charge in [-0.15, -0.1) is 0 Å². The quantitative estimate of drug-likeness (QED) is 0.457. The molecule has 3 N–H and O–H groups in total. The molecule has 10 heteroatoms. The van der Waals surface area contributed by atoms with E-state index in [2.05, 4.69) is 9.88 Å². The summed E-state index contributed by atoms with van der Waals surface area (Å²) in [5.41, 5.74) is -1.33. The van der Waals surface area contributed by atoms with Crippen molar-refractivity contribution in [3.05, 3.63) is 53.5 Å². The second-order valence-corrected chi connectivity index (χ2v) is 6.15.